The zero-order chi connectivity index (χ0) is 17.4. The van der Waals surface area contributed by atoms with Crippen LogP contribution in [-0.2, 0) is 0 Å². The lowest BCUT2D eigenvalue weighted by Gasteiger charge is -2.09. The van der Waals surface area contributed by atoms with Crippen molar-refractivity contribution in [1.82, 2.24) is 4.98 Å². The van der Waals surface area contributed by atoms with Crippen LogP contribution in [0.2, 0.25) is 5.02 Å². The molecule has 4 rings (SSSR count). The van der Waals surface area contributed by atoms with E-state index in [0.29, 0.717) is 33.1 Å². The topological polar surface area (TPSA) is 66.2 Å². The molecule has 0 aliphatic heterocycles. The lowest BCUT2D eigenvalue weighted by atomic mass is 10.1. The number of hydrogen-bond donors (Lipinski definition) is 0. The molecule has 2 aromatic carbocycles. The first-order chi connectivity index (χ1) is 12.1. The Morgan fingerprint density at radius 2 is 1.68 bits per heavy atom. The molecule has 2 heterocycles. The minimum Gasteiger partial charge on any atom is -0.545 e. The van der Waals surface area contributed by atoms with Crippen molar-refractivity contribution in [1.29, 1.82) is 0 Å². The predicted octanol–water partition coefficient (Wildman–Crippen LogP) is 4.18. The van der Waals surface area contributed by atoms with E-state index in [4.69, 9.17) is 16.0 Å². The number of halogens is 1. The predicted molar refractivity (Wildman–Crippen MR) is 94.2 cm³/mol. The largest absolute Gasteiger partial charge is 0.545 e. The number of nitrogens with zero attached hydrogens (tertiary/aromatic N) is 1. The first-order valence-corrected chi connectivity index (χ1v) is 7.97. The fourth-order valence-electron chi connectivity index (χ4n) is 2.75. The van der Waals surface area contributed by atoms with Crippen LogP contribution in [0.5, 0.6) is 0 Å². The van der Waals surface area contributed by atoms with Gasteiger partial charge in [0, 0.05) is 16.5 Å². The number of carbonyl (C=O) groups is 1. The van der Waals surface area contributed by atoms with Crippen LogP contribution in [0.15, 0.2) is 71.1 Å². The monoisotopic (exact) mass is 348 g/mol. The van der Waals surface area contributed by atoms with E-state index >= 15 is 0 Å². The normalized spacial score (nSPS) is 10.9. The first kappa shape index (κ1) is 15.4. The number of fused-ring (bicyclic) bond motifs is 1. The molecule has 4 nitrogen and oxygen atoms in total. The van der Waals surface area contributed by atoms with E-state index in [1.165, 1.54) is 6.07 Å². The third-order valence-electron chi connectivity index (χ3n) is 3.93. The molecule has 0 aliphatic carbocycles. The summed E-state index contributed by atoms with van der Waals surface area (Å²) in [6.07, 6.45) is 0. The van der Waals surface area contributed by atoms with E-state index in [1.54, 1.807) is 42.5 Å². The fourth-order valence-corrected chi connectivity index (χ4v) is 2.98. The van der Waals surface area contributed by atoms with Crippen molar-refractivity contribution in [3.8, 4) is 22.8 Å². The van der Waals surface area contributed by atoms with Crippen molar-refractivity contribution in [3.63, 3.8) is 0 Å². The summed E-state index contributed by atoms with van der Waals surface area (Å²) >= 11 is 6.20. The average Bonchev–Trinajstić information content (AvgIpc) is 3.11. The van der Waals surface area contributed by atoms with E-state index in [1.807, 2.05) is 18.2 Å². The van der Waals surface area contributed by atoms with E-state index < -0.39 is 5.97 Å². The Balaban J connectivity index is 1.86. The lowest BCUT2D eigenvalue weighted by Crippen LogP contribution is -2.22. The number of carboxylic acids is 1. The number of benzene rings is 2. The van der Waals surface area contributed by atoms with E-state index in [2.05, 4.69) is 4.98 Å². The first-order valence-electron chi connectivity index (χ1n) is 7.60. The van der Waals surface area contributed by atoms with E-state index in [-0.39, 0.29) is 5.56 Å². The van der Waals surface area contributed by atoms with Crippen molar-refractivity contribution < 1.29 is 14.3 Å². The van der Waals surface area contributed by atoms with Gasteiger partial charge >= 0.3 is 0 Å². The second-order valence-corrected chi connectivity index (χ2v) is 5.91. The van der Waals surface area contributed by atoms with Gasteiger partial charge in [0.15, 0.2) is 5.76 Å². The van der Waals surface area contributed by atoms with Crippen LogP contribution in [0.1, 0.15) is 10.4 Å². The molecule has 0 bridgehead atoms. The Labute approximate surface area is 148 Å². The highest BCUT2D eigenvalue weighted by molar-refractivity contribution is 6.33. The fraction of sp³-hybridized carbons (Fsp3) is 0. The molecule has 122 valence electrons. The maximum atomic E-state index is 11.5. The SMILES string of the molecule is O=C([O-])c1cc(-c2ccc(-c3ccccc3Cl)o2)nc2ccccc12. The maximum Gasteiger partial charge on any atom is 0.153 e. The highest BCUT2D eigenvalue weighted by Gasteiger charge is 2.13. The second kappa shape index (κ2) is 6.07. The van der Waals surface area contributed by atoms with Gasteiger partial charge in [-0.25, -0.2) is 4.98 Å². The third kappa shape index (κ3) is 2.77. The molecular formula is C20H11ClNO3-. The minimum atomic E-state index is -1.25. The van der Waals surface area contributed by atoms with Crippen LogP contribution in [0.4, 0.5) is 0 Å². The molecule has 5 heteroatoms. The zero-order valence-corrected chi connectivity index (χ0v) is 13.7. The second-order valence-electron chi connectivity index (χ2n) is 5.50. The van der Waals surface area contributed by atoms with E-state index in [0.717, 1.165) is 5.56 Å². The number of rotatable bonds is 3. The molecule has 4 aromatic rings. The summed E-state index contributed by atoms with van der Waals surface area (Å²) in [5.74, 6) is -0.202. The Morgan fingerprint density at radius 1 is 0.960 bits per heavy atom. The van der Waals surface area contributed by atoms with Crippen molar-refractivity contribution >= 4 is 28.5 Å². The van der Waals surface area contributed by atoms with Crippen molar-refractivity contribution in [2.45, 2.75) is 0 Å². The molecule has 0 saturated heterocycles. The molecule has 0 N–H and O–H groups in total. The summed E-state index contributed by atoms with van der Waals surface area (Å²) in [7, 11) is 0. The molecule has 0 saturated carbocycles. The lowest BCUT2D eigenvalue weighted by molar-refractivity contribution is -0.254. The Hall–Kier alpha value is -3.11. The molecule has 0 spiro atoms. The van der Waals surface area contributed by atoms with Gasteiger partial charge in [-0.2, -0.15) is 0 Å². The molecule has 0 amide bonds. The van der Waals surface area contributed by atoms with Gasteiger partial charge in [-0.05, 0) is 36.4 Å². The number of aromatic nitrogens is 1. The molecule has 0 fully saturated rings. The van der Waals surface area contributed by atoms with Crippen LogP contribution in [0, 0.1) is 0 Å². The number of pyridine rings is 1. The van der Waals surface area contributed by atoms with Crippen LogP contribution in [0.3, 0.4) is 0 Å². The number of carbonyl (C=O) groups excluding carboxylic acids is 1. The van der Waals surface area contributed by atoms with Gasteiger partial charge in [-0.15, -0.1) is 0 Å². The molecule has 2 aromatic heterocycles. The van der Waals surface area contributed by atoms with Crippen LogP contribution in [-0.4, -0.2) is 11.0 Å². The van der Waals surface area contributed by atoms with Gasteiger partial charge in [-0.3, -0.25) is 0 Å². The third-order valence-corrected chi connectivity index (χ3v) is 4.26. The highest BCUT2D eigenvalue weighted by atomic mass is 35.5. The van der Waals surface area contributed by atoms with Gasteiger partial charge in [0.2, 0.25) is 0 Å². The van der Waals surface area contributed by atoms with Crippen LogP contribution < -0.4 is 5.11 Å². The molecule has 0 radical (unpaired) electrons. The van der Waals surface area contributed by atoms with Gasteiger partial charge < -0.3 is 14.3 Å². The summed E-state index contributed by atoms with van der Waals surface area (Å²) in [6.45, 7) is 0. The Kier molecular flexibility index (Phi) is 3.75. The van der Waals surface area contributed by atoms with Crippen molar-refractivity contribution in [2.24, 2.45) is 0 Å². The molecule has 25 heavy (non-hydrogen) atoms. The van der Waals surface area contributed by atoms with Gasteiger partial charge in [-0.1, -0.05) is 41.9 Å². The van der Waals surface area contributed by atoms with Crippen molar-refractivity contribution in [3.05, 3.63) is 77.3 Å². The van der Waals surface area contributed by atoms with Gasteiger partial charge in [0.25, 0.3) is 0 Å². The number of furan rings is 1. The smallest absolute Gasteiger partial charge is 0.153 e. The number of carboxylic acid groups (broad SMARTS) is 1. The molecule has 0 atom stereocenters. The molecule has 0 unspecified atom stereocenters. The van der Waals surface area contributed by atoms with Crippen LogP contribution >= 0.6 is 11.6 Å². The molecular weight excluding hydrogens is 338 g/mol. The van der Waals surface area contributed by atoms with Gasteiger partial charge in [0.1, 0.15) is 11.5 Å². The Bertz CT molecular complexity index is 1100. The number of para-hydroxylation sites is 1. The summed E-state index contributed by atoms with van der Waals surface area (Å²) in [4.78, 5) is 16.0. The standard InChI is InChI=1S/C20H12ClNO3/c21-15-7-3-1-6-13(15)18-9-10-19(25-18)17-11-14(20(23)24)12-5-2-4-8-16(12)22-17/h1-11H,(H,23,24)/p-1. The summed E-state index contributed by atoms with van der Waals surface area (Å²) < 4.78 is 5.86. The highest BCUT2D eigenvalue weighted by Crippen LogP contribution is 2.33. The number of hydrogen-bond acceptors (Lipinski definition) is 4. The van der Waals surface area contributed by atoms with Crippen molar-refractivity contribution in [2.75, 3.05) is 0 Å². The Morgan fingerprint density at radius 3 is 2.48 bits per heavy atom. The maximum absolute atomic E-state index is 11.5. The molecule has 0 aliphatic rings. The van der Waals surface area contributed by atoms with Gasteiger partial charge in [0.05, 0.1) is 16.5 Å². The summed E-state index contributed by atoms with van der Waals surface area (Å²) in [5.41, 5.74) is 1.83. The van der Waals surface area contributed by atoms with Crippen LogP contribution in [0.25, 0.3) is 33.7 Å². The summed E-state index contributed by atoms with van der Waals surface area (Å²) in [6, 6.07) is 19.4. The summed E-state index contributed by atoms with van der Waals surface area (Å²) in [5, 5.41) is 12.6. The zero-order valence-electron chi connectivity index (χ0n) is 12.9. The minimum absolute atomic E-state index is 0.0799. The van der Waals surface area contributed by atoms with E-state index in [9.17, 15) is 9.90 Å². The quantitative estimate of drug-likeness (QED) is 0.557. The average molecular weight is 349 g/mol. The number of aromatic carboxylic acids is 1.